The fourth-order valence-corrected chi connectivity index (χ4v) is 3.57. The molecule has 21 heavy (non-hydrogen) atoms. The molecule has 1 atom stereocenters. The van der Waals surface area contributed by atoms with E-state index >= 15 is 0 Å². The Kier molecular flexibility index (Phi) is 4.34. The van der Waals surface area contributed by atoms with Crippen molar-refractivity contribution >= 4 is 17.3 Å². The SMILES string of the molecule is N#Cc1ccc(N2CCC(N3CCC(N)CC3)C2)cc1Cl. The lowest BCUT2D eigenvalue weighted by Gasteiger charge is -2.34. The number of hydrogen-bond donors (Lipinski definition) is 1. The van der Waals surface area contributed by atoms with Crippen molar-refractivity contribution in [2.24, 2.45) is 5.73 Å². The number of nitrogens with two attached hydrogens (primary N) is 1. The van der Waals surface area contributed by atoms with Gasteiger partial charge < -0.3 is 10.6 Å². The molecule has 2 fully saturated rings. The van der Waals surface area contributed by atoms with Gasteiger partial charge in [0.15, 0.2) is 0 Å². The van der Waals surface area contributed by atoms with E-state index in [2.05, 4.69) is 15.9 Å². The van der Waals surface area contributed by atoms with E-state index in [0.717, 1.165) is 44.7 Å². The summed E-state index contributed by atoms with van der Waals surface area (Å²) in [5.74, 6) is 0. The molecule has 1 aromatic rings. The maximum atomic E-state index is 8.94. The minimum Gasteiger partial charge on any atom is -0.370 e. The summed E-state index contributed by atoms with van der Waals surface area (Å²) in [5, 5.41) is 9.49. The second-order valence-corrected chi connectivity index (χ2v) is 6.45. The van der Waals surface area contributed by atoms with Gasteiger partial charge in [-0.05, 0) is 50.6 Å². The molecule has 0 radical (unpaired) electrons. The lowest BCUT2D eigenvalue weighted by molar-refractivity contribution is 0.163. The summed E-state index contributed by atoms with van der Waals surface area (Å²) in [6, 6.07) is 8.83. The first-order valence-corrected chi connectivity index (χ1v) is 7.99. The standard InChI is InChI=1S/C16H21ClN4/c17-16-9-14(2-1-12(16)10-18)21-8-5-15(11-21)20-6-3-13(19)4-7-20/h1-2,9,13,15H,3-8,11,19H2. The van der Waals surface area contributed by atoms with E-state index in [-0.39, 0.29) is 0 Å². The van der Waals surface area contributed by atoms with Gasteiger partial charge in [0.05, 0.1) is 10.6 Å². The minimum atomic E-state index is 0.385. The second kappa shape index (κ2) is 6.23. The van der Waals surface area contributed by atoms with Gasteiger partial charge in [0.1, 0.15) is 6.07 Å². The zero-order valence-corrected chi connectivity index (χ0v) is 12.9. The van der Waals surface area contributed by atoms with Gasteiger partial charge in [-0.3, -0.25) is 4.90 Å². The number of nitriles is 1. The van der Waals surface area contributed by atoms with Crippen LogP contribution in [0.2, 0.25) is 5.02 Å². The molecule has 5 heteroatoms. The molecule has 0 aliphatic carbocycles. The summed E-state index contributed by atoms with van der Waals surface area (Å²) in [5.41, 5.74) is 7.64. The second-order valence-electron chi connectivity index (χ2n) is 6.04. The Bertz CT molecular complexity index is 546. The van der Waals surface area contributed by atoms with E-state index < -0.39 is 0 Å². The Morgan fingerprint density at radius 2 is 1.95 bits per heavy atom. The van der Waals surface area contributed by atoms with Crippen LogP contribution in [-0.2, 0) is 0 Å². The monoisotopic (exact) mass is 304 g/mol. The molecule has 2 saturated heterocycles. The van der Waals surface area contributed by atoms with E-state index in [4.69, 9.17) is 22.6 Å². The van der Waals surface area contributed by atoms with E-state index in [1.807, 2.05) is 18.2 Å². The van der Waals surface area contributed by atoms with Gasteiger partial charge in [-0.15, -0.1) is 0 Å². The normalized spacial score (nSPS) is 24.2. The van der Waals surface area contributed by atoms with Crippen molar-refractivity contribution in [2.75, 3.05) is 31.1 Å². The van der Waals surface area contributed by atoms with Gasteiger partial charge in [-0.25, -0.2) is 0 Å². The van der Waals surface area contributed by atoms with Gasteiger partial charge in [-0.2, -0.15) is 5.26 Å². The van der Waals surface area contributed by atoms with E-state index in [9.17, 15) is 0 Å². The van der Waals surface area contributed by atoms with Gasteiger partial charge >= 0.3 is 0 Å². The number of benzene rings is 1. The van der Waals surface area contributed by atoms with Crippen molar-refractivity contribution in [3.63, 3.8) is 0 Å². The van der Waals surface area contributed by atoms with Crippen LogP contribution in [0.4, 0.5) is 5.69 Å². The van der Waals surface area contributed by atoms with Crippen LogP contribution < -0.4 is 10.6 Å². The summed E-state index contributed by atoms with van der Waals surface area (Å²) in [6.07, 6.45) is 3.41. The summed E-state index contributed by atoms with van der Waals surface area (Å²) >= 11 is 6.14. The van der Waals surface area contributed by atoms with Gasteiger partial charge in [0.25, 0.3) is 0 Å². The fourth-order valence-electron chi connectivity index (χ4n) is 3.35. The zero-order valence-electron chi connectivity index (χ0n) is 12.1. The molecule has 2 aliphatic heterocycles. The van der Waals surface area contributed by atoms with Crippen LogP contribution >= 0.6 is 11.6 Å². The Hall–Kier alpha value is -1.28. The third-order valence-corrected chi connectivity index (χ3v) is 5.00. The first-order valence-electron chi connectivity index (χ1n) is 7.61. The van der Waals surface area contributed by atoms with Crippen LogP contribution in [0.1, 0.15) is 24.8 Å². The highest BCUT2D eigenvalue weighted by Crippen LogP contribution is 2.28. The molecule has 2 N–H and O–H groups in total. The average Bonchev–Trinajstić information content (AvgIpc) is 2.98. The average molecular weight is 305 g/mol. The molecule has 2 aliphatic rings. The fraction of sp³-hybridized carbons (Fsp3) is 0.562. The molecule has 0 saturated carbocycles. The topological polar surface area (TPSA) is 56.3 Å². The van der Waals surface area contributed by atoms with Crippen molar-refractivity contribution < 1.29 is 0 Å². The van der Waals surface area contributed by atoms with Crippen LogP contribution in [-0.4, -0.2) is 43.2 Å². The Morgan fingerprint density at radius 1 is 1.19 bits per heavy atom. The van der Waals surface area contributed by atoms with E-state index in [1.54, 1.807) is 0 Å². The number of hydrogen-bond acceptors (Lipinski definition) is 4. The highest BCUT2D eigenvalue weighted by molar-refractivity contribution is 6.32. The third-order valence-electron chi connectivity index (χ3n) is 4.69. The maximum Gasteiger partial charge on any atom is 0.101 e. The van der Waals surface area contributed by atoms with Crippen LogP contribution in [0.25, 0.3) is 0 Å². The van der Waals surface area contributed by atoms with Crippen LogP contribution in [0.5, 0.6) is 0 Å². The zero-order chi connectivity index (χ0) is 14.8. The Labute approximate surface area is 131 Å². The number of likely N-dealkylation sites (tertiary alicyclic amines) is 1. The number of nitrogens with zero attached hydrogens (tertiary/aromatic N) is 3. The molecule has 112 valence electrons. The van der Waals surface area contributed by atoms with Gasteiger partial charge in [0.2, 0.25) is 0 Å². The van der Waals surface area contributed by atoms with Crippen molar-refractivity contribution in [1.82, 2.24) is 4.90 Å². The molecule has 2 heterocycles. The number of anilines is 1. The summed E-state index contributed by atoms with van der Waals surface area (Å²) < 4.78 is 0. The predicted molar refractivity (Wildman–Crippen MR) is 85.6 cm³/mol. The van der Waals surface area contributed by atoms with E-state index in [1.165, 1.54) is 6.42 Å². The van der Waals surface area contributed by atoms with Crippen LogP contribution in [0.15, 0.2) is 18.2 Å². The summed E-state index contributed by atoms with van der Waals surface area (Å²) in [6.45, 7) is 4.33. The maximum absolute atomic E-state index is 8.94. The first kappa shape index (κ1) is 14.6. The van der Waals surface area contributed by atoms with Crippen molar-refractivity contribution in [3.8, 4) is 6.07 Å². The molecule has 4 nitrogen and oxygen atoms in total. The minimum absolute atomic E-state index is 0.385. The molecule has 0 amide bonds. The highest BCUT2D eigenvalue weighted by atomic mass is 35.5. The lowest BCUT2D eigenvalue weighted by Crippen LogP contribution is -2.46. The summed E-state index contributed by atoms with van der Waals surface area (Å²) in [7, 11) is 0. The van der Waals surface area contributed by atoms with Crippen molar-refractivity contribution in [1.29, 1.82) is 5.26 Å². The van der Waals surface area contributed by atoms with E-state index in [0.29, 0.717) is 22.7 Å². The molecule has 0 bridgehead atoms. The highest BCUT2D eigenvalue weighted by Gasteiger charge is 2.30. The van der Waals surface area contributed by atoms with Crippen molar-refractivity contribution in [2.45, 2.75) is 31.3 Å². The molecule has 3 rings (SSSR count). The third kappa shape index (κ3) is 3.16. The molecular formula is C16H21ClN4. The molecule has 0 spiro atoms. The largest absolute Gasteiger partial charge is 0.370 e. The van der Waals surface area contributed by atoms with Crippen LogP contribution in [0, 0.1) is 11.3 Å². The molecule has 1 aromatic carbocycles. The predicted octanol–water partition coefficient (Wildman–Crippen LogP) is 2.21. The number of piperidine rings is 1. The Balaban J connectivity index is 1.64. The molecular weight excluding hydrogens is 284 g/mol. The quantitative estimate of drug-likeness (QED) is 0.910. The first-order chi connectivity index (χ1) is 10.2. The van der Waals surface area contributed by atoms with Crippen molar-refractivity contribution in [3.05, 3.63) is 28.8 Å². The number of halogens is 1. The Morgan fingerprint density at radius 3 is 2.62 bits per heavy atom. The summed E-state index contributed by atoms with van der Waals surface area (Å²) in [4.78, 5) is 4.95. The molecule has 1 unspecified atom stereocenters. The number of rotatable bonds is 2. The van der Waals surface area contributed by atoms with Gasteiger partial charge in [-0.1, -0.05) is 11.6 Å². The van der Waals surface area contributed by atoms with Crippen LogP contribution in [0.3, 0.4) is 0 Å². The lowest BCUT2D eigenvalue weighted by atomic mass is 10.0. The molecule has 0 aromatic heterocycles. The van der Waals surface area contributed by atoms with Gasteiger partial charge in [0, 0.05) is 30.9 Å². The smallest absolute Gasteiger partial charge is 0.101 e.